The van der Waals surface area contributed by atoms with Gasteiger partial charge in [0.2, 0.25) is 5.91 Å². The Labute approximate surface area is 226 Å². The number of piperazine rings is 1. The topological polar surface area (TPSA) is 70.8 Å². The summed E-state index contributed by atoms with van der Waals surface area (Å²) in [4.78, 5) is 17.4. The van der Waals surface area contributed by atoms with Gasteiger partial charge < -0.3 is 19.5 Å². The number of halogens is 1. The molecule has 5 rings (SSSR count). The summed E-state index contributed by atoms with van der Waals surface area (Å²) < 4.78 is 25.0. The molecule has 2 heterocycles. The molecule has 8 heteroatoms. The fourth-order valence-corrected chi connectivity index (χ4v) is 6.68. The van der Waals surface area contributed by atoms with Crippen molar-refractivity contribution in [1.82, 2.24) is 15.4 Å². The van der Waals surface area contributed by atoms with Gasteiger partial charge in [0.05, 0.1) is 17.6 Å². The summed E-state index contributed by atoms with van der Waals surface area (Å²) in [6.07, 6.45) is 11.6. The maximum absolute atomic E-state index is 13.7. The molecule has 2 aromatic rings. The number of benzene rings is 1. The Hall–Kier alpha value is -2.19. The molecular formula is C30H45FN4O3. The number of hydrogen-bond donors (Lipinski definition) is 1. The number of ether oxygens (including phenoxy) is 1. The van der Waals surface area contributed by atoms with E-state index in [2.05, 4.69) is 34.1 Å². The third-order valence-corrected chi connectivity index (χ3v) is 8.88. The van der Waals surface area contributed by atoms with Gasteiger partial charge in [-0.05, 0) is 108 Å². The summed E-state index contributed by atoms with van der Waals surface area (Å²) in [5, 5.41) is 8.31. The fourth-order valence-electron chi connectivity index (χ4n) is 6.68. The molecule has 1 amide bonds. The number of amides is 1. The number of aromatic nitrogens is 1. The van der Waals surface area contributed by atoms with Gasteiger partial charge >= 0.3 is 0 Å². The van der Waals surface area contributed by atoms with Crippen LogP contribution in [0, 0.1) is 17.7 Å². The van der Waals surface area contributed by atoms with Gasteiger partial charge in [-0.2, -0.15) is 0 Å². The molecule has 1 aromatic carbocycles. The Morgan fingerprint density at radius 3 is 2.47 bits per heavy atom. The lowest BCUT2D eigenvalue weighted by molar-refractivity contribution is -0.123. The Kier molecular flexibility index (Phi) is 9.20. The van der Waals surface area contributed by atoms with Crippen molar-refractivity contribution >= 4 is 22.7 Å². The van der Waals surface area contributed by atoms with Crippen molar-refractivity contribution in [2.45, 2.75) is 96.3 Å². The van der Waals surface area contributed by atoms with Crippen LogP contribution in [-0.2, 0) is 9.53 Å². The monoisotopic (exact) mass is 528 g/mol. The van der Waals surface area contributed by atoms with Gasteiger partial charge in [-0.3, -0.25) is 9.69 Å². The van der Waals surface area contributed by atoms with Crippen molar-refractivity contribution in [2.75, 3.05) is 37.6 Å². The van der Waals surface area contributed by atoms with Crippen LogP contribution in [0.25, 0.3) is 11.0 Å². The molecule has 0 atom stereocenters. The summed E-state index contributed by atoms with van der Waals surface area (Å²) in [6.45, 7) is 9.05. The summed E-state index contributed by atoms with van der Waals surface area (Å²) in [6, 6.07) is 4.92. The maximum Gasteiger partial charge on any atom is 0.220 e. The van der Waals surface area contributed by atoms with Crippen molar-refractivity contribution in [2.24, 2.45) is 11.8 Å². The van der Waals surface area contributed by atoms with Gasteiger partial charge in [-0.1, -0.05) is 5.16 Å². The molecule has 7 nitrogen and oxygen atoms in total. The van der Waals surface area contributed by atoms with Gasteiger partial charge in [0, 0.05) is 38.6 Å². The Morgan fingerprint density at radius 2 is 1.76 bits per heavy atom. The molecule has 3 aliphatic rings. The van der Waals surface area contributed by atoms with E-state index in [9.17, 15) is 9.18 Å². The highest BCUT2D eigenvalue weighted by molar-refractivity contribution is 5.88. The molecule has 0 unspecified atom stereocenters. The highest BCUT2D eigenvalue weighted by atomic mass is 19.1. The highest BCUT2D eigenvalue weighted by Gasteiger charge is 2.27. The molecule has 0 bridgehead atoms. The summed E-state index contributed by atoms with van der Waals surface area (Å²) in [5.41, 5.74) is 0.634. The van der Waals surface area contributed by atoms with Crippen LogP contribution in [-0.4, -0.2) is 66.9 Å². The zero-order valence-electron chi connectivity index (χ0n) is 23.2. The molecule has 2 saturated carbocycles. The first kappa shape index (κ1) is 27.4. The van der Waals surface area contributed by atoms with Crippen molar-refractivity contribution < 1.29 is 18.4 Å². The fraction of sp³-hybridized carbons (Fsp3) is 0.733. The zero-order valence-corrected chi connectivity index (χ0v) is 23.2. The summed E-state index contributed by atoms with van der Waals surface area (Å²) in [7, 11) is 0. The number of carbonyl (C=O) groups excluding carboxylic acids is 1. The second-order valence-corrected chi connectivity index (χ2v) is 12.1. The van der Waals surface area contributed by atoms with Gasteiger partial charge in [-0.15, -0.1) is 0 Å². The normalized spacial score (nSPS) is 27.2. The van der Waals surface area contributed by atoms with Gasteiger partial charge in [0.25, 0.3) is 0 Å². The van der Waals surface area contributed by atoms with Crippen molar-refractivity contribution in [3.63, 3.8) is 0 Å². The van der Waals surface area contributed by atoms with E-state index in [4.69, 9.17) is 9.26 Å². The van der Waals surface area contributed by atoms with E-state index in [1.54, 1.807) is 6.07 Å². The molecule has 1 N–H and O–H groups in total. The first-order valence-corrected chi connectivity index (χ1v) is 14.9. The predicted molar refractivity (Wildman–Crippen MR) is 148 cm³/mol. The SMILES string of the molecule is CC(C)O[C@H]1CC[C@H](CC(=O)NC2CCC(CCN3CCN(c4noc5ccc(F)cc45)CC3)CC2)CC1. The number of rotatable bonds is 9. The third-order valence-electron chi connectivity index (χ3n) is 8.88. The van der Waals surface area contributed by atoms with E-state index < -0.39 is 0 Å². The first-order valence-electron chi connectivity index (χ1n) is 14.9. The summed E-state index contributed by atoms with van der Waals surface area (Å²) >= 11 is 0. The number of nitrogens with one attached hydrogen (secondary N) is 1. The zero-order chi connectivity index (χ0) is 26.5. The van der Waals surface area contributed by atoms with Crippen LogP contribution < -0.4 is 10.2 Å². The quantitative estimate of drug-likeness (QED) is 0.462. The molecule has 1 aliphatic heterocycles. The third kappa shape index (κ3) is 7.26. The van der Waals surface area contributed by atoms with Crippen LogP contribution in [0.3, 0.4) is 0 Å². The first-order chi connectivity index (χ1) is 18.4. The second kappa shape index (κ2) is 12.8. The molecule has 210 valence electrons. The van der Waals surface area contributed by atoms with Gasteiger partial charge in [-0.25, -0.2) is 4.39 Å². The Bertz CT molecular complexity index is 1040. The van der Waals surface area contributed by atoms with Crippen LogP contribution in [0.1, 0.15) is 78.1 Å². The molecule has 1 aromatic heterocycles. The number of carbonyl (C=O) groups is 1. The minimum absolute atomic E-state index is 0.252. The molecule has 1 saturated heterocycles. The number of anilines is 1. The maximum atomic E-state index is 13.7. The number of fused-ring (bicyclic) bond motifs is 1. The van der Waals surface area contributed by atoms with Crippen LogP contribution in [0.2, 0.25) is 0 Å². The molecular weight excluding hydrogens is 483 g/mol. The summed E-state index contributed by atoms with van der Waals surface area (Å²) in [5.74, 6) is 2.02. The molecule has 3 fully saturated rings. The Balaban J connectivity index is 0.959. The van der Waals surface area contributed by atoms with E-state index in [1.165, 1.54) is 31.4 Å². The lowest BCUT2D eigenvalue weighted by Crippen LogP contribution is -2.47. The van der Waals surface area contributed by atoms with Crippen molar-refractivity contribution in [3.05, 3.63) is 24.0 Å². The standard InChI is InChI=1S/C30H45FN4O3/c1-21(2)37-26-10-5-23(6-11-26)19-29(36)32-25-8-3-22(4-9-25)13-14-34-15-17-35(18-16-34)30-27-20-24(31)7-12-28(27)38-33-30/h7,12,20-23,25-26H,3-6,8-11,13-19H2,1-2H3,(H,32,36)/t22?,23-,25?,26-. The average molecular weight is 529 g/mol. The molecule has 38 heavy (non-hydrogen) atoms. The van der Waals surface area contributed by atoms with Gasteiger partial charge in [0.1, 0.15) is 5.82 Å². The average Bonchev–Trinajstić information content (AvgIpc) is 3.32. The van der Waals surface area contributed by atoms with Crippen LogP contribution in [0.4, 0.5) is 10.2 Å². The smallest absolute Gasteiger partial charge is 0.220 e. The van der Waals surface area contributed by atoms with Crippen LogP contribution >= 0.6 is 0 Å². The van der Waals surface area contributed by atoms with E-state index in [0.717, 1.165) is 88.4 Å². The van der Waals surface area contributed by atoms with Crippen molar-refractivity contribution in [3.8, 4) is 0 Å². The van der Waals surface area contributed by atoms with Crippen LogP contribution in [0.5, 0.6) is 0 Å². The van der Waals surface area contributed by atoms with Crippen molar-refractivity contribution in [1.29, 1.82) is 0 Å². The van der Waals surface area contributed by atoms with E-state index in [0.29, 0.717) is 36.2 Å². The predicted octanol–water partition coefficient (Wildman–Crippen LogP) is 5.53. The van der Waals surface area contributed by atoms with E-state index in [-0.39, 0.29) is 11.7 Å². The minimum atomic E-state index is -0.259. The number of hydrogen-bond acceptors (Lipinski definition) is 6. The highest BCUT2D eigenvalue weighted by Crippen LogP contribution is 2.31. The Morgan fingerprint density at radius 1 is 1.05 bits per heavy atom. The van der Waals surface area contributed by atoms with E-state index >= 15 is 0 Å². The molecule has 2 aliphatic carbocycles. The number of nitrogens with zero attached hydrogens (tertiary/aromatic N) is 3. The lowest BCUT2D eigenvalue weighted by Gasteiger charge is -2.36. The lowest BCUT2D eigenvalue weighted by atomic mass is 9.83. The second-order valence-electron chi connectivity index (χ2n) is 12.1. The molecule has 0 spiro atoms. The molecule has 0 radical (unpaired) electrons. The van der Waals surface area contributed by atoms with E-state index in [1.807, 2.05) is 0 Å². The minimum Gasteiger partial charge on any atom is -0.376 e. The van der Waals surface area contributed by atoms with Crippen LogP contribution in [0.15, 0.2) is 22.7 Å². The largest absolute Gasteiger partial charge is 0.376 e. The van der Waals surface area contributed by atoms with Gasteiger partial charge in [0.15, 0.2) is 11.4 Å².